The highest BCUT2D eigenvalue weighted by molar-refractivity contribution is 7.09. The SMILES string of the molecule is COC(=O)[C@]12C[C@H](CC(=O)NCc3cccs3)C(=O)N(Cc3ccco3)C1=C[C@H](C(C)(C)C)O[C@@H]2C. The molecule has 4 atom stereocenters. The molecule has 9 heteroatoms. The van der Waals surface area contributed by atoms with E-state index in [1.807, 2.05) is 30.5 Å². The van der Waals surface area contributed by atoms with Crippen LogP contribution in [0.25, 0.3) is 0 Å². The first-order chi connectivity index (χ1) is 17.1. The highest BCUT2D eigenvalue weighted by atomic mass is 32.1. The van der Waals surface area contributed by atoms with Gasteiger partial charge in [0.15, 0.2) is 0 Å². The summed E-state index contributed by atoms with van der Waals surface area (Å²) in [6.07, 6.45) is 2.62. The lowest BCUT2D eigenvalue weighted by Gasteiger charge is -2.52. The van der Waals surface area contributed by atoms with Gasteiger partial charge in [-0.2, -0.15) is 0 Å². The molecule has 2 aromatic heterocycles. The smallest absolute Gasteiger partial charge is 0.320 e. The van der Waals surface area contributed by atoms with E-state index in [4.69, 9.17) is 13.9 Å². The third kappa shape index (κ3) is 4.99. The molecule has 0 aliphatic carbocycles. The first-order valence-corrected chi connectivity index (χ1v) is 13.0. The van der Waals surface area contributed by atoms with E-state index in [1.165, 1.54) is 7.11 Å². The van der Waals surface area contributed by atoms with Crippen LogP contribution in [-0.4, -0.2) is 42.0 Å². The molecule has 0 spiro atoms. The molecule has 0 unspecified atom stereocenters. The third-order valence-electron chi connectivity index (χ3n) is 7.05. The van der Waals surface area contributed by atoms with Gasteiger partial charge in [0.05, 0.1) is 38.7 Å². The van der Waals surface area contributed by atoms with Gasteiger partial charge >= 0.3 is 5.97 Å². The molecule has 8 nitrogen and oxygen atoms in total. The predicted octanol–water partition coefficient (Wildman–Crippen LogP) is 4.27. The Hall–Kier alpha value is -2.91. The fourth-order valence-corrected chi connectivity index (χ4v) is 5.70. The molecule has 1 fully saturated rings. The maximum Gasteiger partial charge on any atom is 0.320 e. The summed E-state index contributed by atoms with van der Waals surface area (Å²) in [5.41, 5.74) is -0.929. The van der Waals surface area contributed by atoms with Crippen molar-refractivity contribution in [2.75, 3.05) is 7.11 Å². The molecule has 1 saturated heterocycles. The minimum absolute atomic E-state index is 0.0414. The lowest BCUT2D eigenvalue weighted by molar-refractivity contribution is -0.180. The largest absolute Gasteiger partial charge is 0.468 e. The van der Waals surface area contributed by atoms with Gasteiger partial charge in [0.1, 0.15) is 11.2 Å². The van der Waals surface area contributed by atoms with Gasteiger partial charge in [-0.3, -0.25) is 14.4 Å². The Morgan fingerprint density at radius 1 is 1.28 bits per heavy atom. The third-order valence-corrected chi connectivity index (χ3v) is 7.93. The number of hydrogen-bond acceptors (Lipinski definition) is 7. The number of esters is 1. The summed E-state index contributed by atoms with van der Waals surface area (Å²) in [6.45, 7) is 8.54. The number of carbonyl (C=O) groups excluding carboxylic acids is 3. The van der Waals surface area contributed by atoms with Crippen LogP contribution in [0.4, 0.5) is 0 Å². The van der Waals surface area contributed by atoms with Crippen molar-refractivity contribution in [2.24, 2.45) is 16.7 Å². The lowest BCUT2D eigenvalue weighted by Crippen LogP contribution is -2.60. The Bertz CT molecular complexity index is 1120. The monoisotopic (exact) mass is 514 g/mol. The van der Waals surface area contributed by atoms with Crippen molar-refractivity contribution in [2.45, 2.75) is 65.8 Å². The zero-order valence-electron chi connectivity index (χ0n) is 21.4. The summed E-state index contributed by atoms with van der Waals surface area (Å²) in [5.74, 6) is -1.09. The van der Waals surface area contributed by atoms with E-state index < -0.39 is 23.4 Å². The van der Waals surface area contributed by atoms with Gasteiger partial charge in [-0.25, -0.2) is 0 Å². The molecule has 194 valence electrons. The first kappa shape index (κ1) is 26.2. The number of carbonyl (C=O) groups is 3. The van der Waals surface area contributed by atoms with Crippen molar-refractivity contribution >= 4 is 29.1 Å². The van der Waals surface area contributed by atoms with Crippen molar-refractivity contribution < 1.29 is 28.3 Å². The summed E-state index contributed by atoms with van der Waals surface area (Å²) >= 11 is 1.55. The van der Waals surface area contributed by atoms with Crippen LogP contribution in [0, 0.1) is 16.7 Å². The number of methoxy groups -OCH3 is 1. The molecule has 2 aromatic rings. The normalized spacial score (nSPS) is 26.2. The van der Waals surface area contributed by atoms with Crippen molar-refractivity contribution in [1.82, 2.24) is 10.2 Å². The molecule has 1 N–H and O–H groups in total. The average Bonchev–Trinajstić information content (AvgIpc) is 3.54. The number of ether oxygens (including phenoxy) is 2. The number of nitrogens with zero attached hydrogens (tertiary/aromatic N) is 1. The highest BCUT2D eigenvalue weighted by Gasteiger charge is 2.60. The number of hydrogen-bond donors (Lipinski definition) is 1. The molecule has 4 rings (SSSR count). The van der Waals surface area contributed by atoms with Crippen LogP contribution in [0.2, 0.25) is 0 Å². The highest BCUT2D eigenvalue weighted by Crippen LogP contribution is 2.52. The van der Waals surface area contributed by atoms with Gasteiger partial charge in [-0.05, 0) is 48.4 Å². The van der Waals surface area contributed by atoms with E-state index in [9.17, 15) is 14.4 Å². The maximum absolute atomic E-state index is 13.9. The number of fused-ring (bicyclic) bond motifs is 1. The fraction of sp³-hybridized carbons (Fsp3) is 0.519. The fourth-order valence-electron chi connectivity index (χ4n) is 5.06. The van der Waals surface area contributed by atoms with E-state index in [0.29, 0.717) is 18.0 Å². The Balaban J connectivity index is 1.71. The molecule has 2 aliphatic heterocycles. The van der Waals surface area contributed by atoms with Crippen LogP contribution < -0.4 is 5.32 Å². The second-order valence-corrected chi connectivity index (χ2v) is 11.6. The summed E-state index contributed by atoms with van der Waals surface area (Å²) < 4.78 is 17.2. The van der Waals surface area contributed by atoms with Crippen LogP contribution in [-0.2, 0) is 36.9 Å². The predicted molar refractivity (Wildman–Crippen MR) is 134 cm³/mol. The molecule has 0 radical (unpaired) electrons. The van der Waals surface area contributed by atoms with Gasteiger partial charge in [0.2, 0.25) is 11.8 Å². The molecular weight excluding hydrogens is 480 g/mol. The van der Waals surface area contributed by atoms with Gasteiger partial charge in [-0.1, -0.05) is 26.8 Å². The van der Waals surface area contributed by atoms with Gasteiger partial charge in [0, 0.05) is 22.9 Å². The number of amides is 2. The summed E-state index contributed by atoms with van der Waals surface area (Å²) in [4.78, 5) is 42.8. The second kappa shape index (κ2) is 10.2. The Kier molecular flexibility index (Phi) is 7.43. The maximum atomic E-state index is 13.9. The summed E-state index contributed by atoms with van der Waals surface area (Å²) in [7, 11) is 1.34. The number of thiophene rings is 1. The van der Waals surface area contributed by atoms with Gasteiger partial charge in [-0.15, -0.1) is 11.3 Å². The molecule has 4 heterocycles. The average molecular weight is 515 g/mol. The molecular formula is C27H34N2O6S. The van der Waals surface area contributed by atoms with Crippen LogP contribution in [0.5, 0.6) is 0 Å². The van der Waals surface area contributed by atoms with E-state index in [-0.39, 0.29) is 42.7 Å². The molecule has 0 saturated carbocycles. The minimum atomic E-state index is -1.23. The molecule has 0 aromatic carbocycles. The van der Waals surface area contributed by atoms with Crippen LogP contribution in [0.1, 0.15) is 51.2 Å². The minimum Gasteiger partial charge on any atom is -0.468 e. The number of furan rings is 1. The second-order valence-electron chi connectivity index (χ2n) is 10.5. The zero-order valence-corrected chi connectivity index (χ0v) is 22.2. The summed E-state index contributed by atoms with van der Waals surface area (Å²) in [6, 6.07) is 7.41. The van der Waals surface area contributed by atoms with Gasteiger partial charge < -0.3 is 24.1 Å². The van der Waals surface area contributed by atoms with Crippen LogP contribution >= 0.6 is 11.3 Å². The number of likely N-dealkylation sites (tertiary alicyclic amines) is 1. The zero-order chi connectivity index (χ0) is 26.1. The number of piperidine rings is 1. The number of rotatable bonds is 7. The van der Waals surface area contributed by atoms with Crippen LogP contribution in [0.3, 0.4) is 0 Å². The van der Waals surface area contributed by atoms with Crippen molar-refractivity contribution in [3.05, 3.63) is 58.3 Å². The lowest BCUT2D eigenvalue weighted by atomic mass is 9.65. The van der Waals surface area contributed by atoms with E-state index >= 15 is 0 Å². The Morgan fingerprint density at radius 3 is 2.67 bits per heavy atom. The van der Waals surface area contributed by atoms with Crippen LogP contribution in [0.15, 0.2) is 52.1 Å². The molecule has 2 amide bonds. The number of nitrogens with one attached hydrogen (secondary N) is 1. The Labute approximate surface area is 215 Å². The Morgan fingerprint density at radius 2 is 2.06 bits per heavy atom. The molecule has 2 aliphatic rings. The standard InChI is InChI=1S/C27H34N2O6S/c1-17-27(25(32)33-5)14-18(12-23(30)28-15-20-9-7-11-36-20)24(31)29(16-19-8-6-10-34-19)21(27)13-22(35-17)26(2,3)4/h6-11,13,17-18,22H,12,14-16H2,1-5H3,(H,28,30)/t17-,18+,22-,27+/m1/s1. The molecule has 0 bridgehead atoms. The summed E-state index contributed by atoms with van der Waals surface area (Å²) in [5, 5.41) is 4.85. The van der Waals surface area contributed by atoms with Crippen molar-refractivity contribution in [3.63, 3.8) is 0 Å². The van der Waals surface area contributed by atoms with Crippen molar-refractivity contribution in [3.8, 4) is 0 Å². The first-order valence-electron chi connectivity index (χ1n) is 12.1. The molecule has 36 heavy (non-hydrogen) atoms. The van der Waals surface area contributed by atoms with Crippen molar-refractivity contribution in [1.29, 1.82) is 0 Å². The van der Waals surface area contributed by atoms with E-state index in [1.54, 1.807) is 34.6 Å². The van der Waals surface area contributed by atoms with E-state index in [0.717, 1.165) is 4.88 Å². The van der Waals surface area contributed by atoms with E-state index in [2.05, 4.69) is 26.1 Å². The van der Waals surface area contributed by atoms with Gasteiger partial charge in [0.25, 0.3) is 0 Å². The quantitative estimate of drug-likeness (QED) is 0.554. The topological polar surface area (TPSA) is 98.1 Å².